The van der Waals surface area contributed by atoms with Gasteiger partial charge in [-0.2, -0.15) is 0 Å². The molecule has 1 aromatic rings. The first-order chi connectivity index (χ1) is 9.90. The minimum absolute atomic E-state index is 0.166. The van der Waals surface area contributed by atoms with Gasteiger partial charge in [0, 0.05) is 11.0 Å². The molecule has 0 saturated carbocycles. The molecule has 1 aromatic carbocycles. The largest absolute Gasteiger partial charge is 0.494 e. The van der Waals surface area contributed by atoms with Crippen LogP contribution in [0.2, 0.25) is 0 Å². The van der Waals surface area contributed by atoms with Gasteiger partial charge < -0.3 is 10.1 Å². The summed E-state index contributed by atoms with van der Waals surface area (Å²) in [5.74, 6) is 0.640. The summed E-state index contributed by atoms with van der Waals surface area (Å²) in [7, 11) is 0. The summed E-state index contributed by atoms with van der Waals surface area (Å²) in [5.41, 5.74) is -0.788. The summed E-state index contributed by atoms with van der Waals surface area (Å²) in [6, 6.07) is 7.34. The number of ether oxygens (including phenoxy) is 1. The lowest BCUT2D eigenvalue weighted by Crippen LogP contribution is -2.40. The maximum atomic E-state index is 12.0. The van der Waals surface area contributed by atoms with Crippen LogP contribution < -0.4 is 10.1 Å². The second-order valence-corrected chi connectivity index (χ2v) is 6.44. The average molecular weight is 355 g/mol. The van der Waals surface area contributed by atoms with E-state index >= 15 is 0 Å². The van der Waals surface area contributed by atoms with E-state index in [9.17, 15) is 9.59 Å². The van der Waals surface area contributed by atoms with Crippen molar-refractivity contribution in [3.05, 3.63) is 28.7 Å². The fraction of sp³-hybridized carbons (Fsp3) is 0.467. The van der Waals surface area contributed by atoms with Gasteiger partial charge in [-0.1, -0.05) is 22.0 Å². The number of nitrogens with one attached hydrogen (secondary N) is 1. The Hall–Kier alpha value is -1.56. The van der Waals surface area contributed by atoms with E-state index in [4.69, 9.17) is 4.74 Å². The van der Waals surface area contributed by atoms with Gasteiger partial charge in [0.15, 0.2) is 0 Å². The number of halogens is 1. The first-order valence-electron chi connectivity index (χ1n) is 6.92. The molecular formula is C15H19BrN2O3. The third kappa shape index (κ3) is 3.97. The van der Waals surface area contributed by atoms with Crippen LogP contribution in [0.25, 0.3) is 0 Å². The second kappa shape index (κ2) is 6.47. The molecule has 2 rings (SSSR count). The lowest BCUT2D eigenvalue weighted by molar-refractivity contribution is -0.130. The van der Waals surface area contributed by atoms with Gasteiger partial charge in [-0.3, -0.25) is 9.69 Å². The van der Waals surface area contributed by atoms with Gasteiger partial charge in [0.1, 0.15) is 11.3 Å². The van der Waals surface area contributed by atoms with Crippen LogP contribution in [0.1, 0.15) is 26.7 Å². The Morgan fingerprint density at radius 1 is 1.29 bits per heavy atom. The zero-order valence-electron chi connectivity index (χ0n) is 12.2. The molecule has 0 radical (unpaired) electrons. The number of benzene rings is 1. The van der Waals surface area contributed by atoms with Crippen LogP contribution >= 0.6 is 15.9 Å². The number of hydrogen-bond acceptors (Lipinski definition) is 3. The molecular weight excluding hydrogens is 336 g/mol. The number of urea groups is 1. The third-order valence-electron chi connectivity index (χ3n) is 3.29. The van der Waals surface area contributed by atoms with Gasteiger partial charge in [0.05, 0.1) is 6.61 Å². The molecule has 1 aliphatic heterocycles. The average Bonchev–Trinajstić information content (AvgIpc) is 2.60. The number of unbranched alkanes of at least 4 members (excludes halogenated alkanes) is 1. The van der Waals surface area contributed by atoms with Crippen LogP contribution in [0.5, 0.6) is 5.75 Å². The summed E-state index contributed by atoms with van der Waals surface area (Å²) in [6.45, 7) is 4.41. The van der Waals surface area contributed by atoms with E-state index in [1.54, 1.807) is 13.8 Å². The number of nitrogens with zero attached hydrogens (tertiary/aromatic N) is 1. The molecule has 0 atom stereocenters. The fourth-order valence-electron chi connectivity index (χ4n) is 2.14. The van der Waals surface area contributed by atoms with Gasteiger partial charge in [-0.05, 0) is 44.9 Å². The first kappa shape index (κ1) is 15.8. The van der Waals surface area contributed by atoms with Crippen LogP contribution in [0.3, 0.4) is 0 Å². The van der Waals surface area contributed by atoms with E-state index < -0.39 is 5.54 Å². The maximum Gasteiger partial charge on any atom is 0.325 e. The molecule has 0 spiro atoms. The minimum Gasteiger partial charge on any atom is -0.494 e. The number of rotatable bonds is 6. The van der Waals surface area contributed by atoms with Crippen molar-refractivity contribution in [2.75, 3.05) is 13.2 Å². The Kier molecular flexibility index (Phi) is 4.88. The molecule has 6 heteroatoms. The highest BCUT2D eigenvalue weighted by Crippen LogP contribution is 2.19. The van der Waals surface area contributed by atoms with Crippen molar-refractivity contribution < 1.29 is 14.3 Å². The molecule has 21 heavy (non-hydrogen) atoms. The molecule has 1 N–H and O–H groups in total. The molecule has 0 aromatic heterocycles. The maximum absolute atomic E-state index is 12.0. The third-order valence-corrected chi connectivity index (χ3v) is 3.78. The smallest absolute Gasteiger partial charge is 0.325 e. The van der Waals surface area contributed by atoms with E-state index in [0.717, 1.165) is 23.1 Å². The number of carbonyl (C=O) groups is 2. The predicted molar refractivity (Wildman–Crippen MR) is 83.2 cm³/mol. The van der Waals surface area contributed by atoms with Crippen LogP contribution in [0.4, 0.5) is 4.79 Å². The molecule has 3 amide bonds. The lowest BCUT2D eigenvalue weighted by Gasteiger charge is -2.15. The number of amides is 3. The highest BCUT2D eigenvalue weighted by Gasteiger charge is 2.43. The van der Waals surface area contributed by atoms with Crippen molar-refractivity contribution in [1.82, 2.24) is 10.2 Å². The molecule has 1 saturated heterocycles. The van der Waals surface area contributed by atoms with E-state index in [-0.39, 0.29) is 11.9 Å². The Bertz CT molecular complexity index is 545. The SMILES string of the molecule is CC1(C)NC(=O)N(CCCCOc2cccc(Br)c2)C1=O. The van der Waals surface area contributed by atoms with E-state index in [0.29, 0.717) is 13.2 Å². The first-order valence-corrected chi connectivity index (χ1v) is 7.72. The number of hydrogen-bond donors (Lipinski definition) is 1. The molecule has 114 valence electrons. The van der Waals surface area contributed by atoms with Crippen molar-refractivity contribution in [1.29, 1.82) is 0 Å². The molecule has 5 nitrogen and oxygen atoms in total. The van der Waals surface area contributed by atoms with Crippen molar-refractivity contribution in [3.63, 3.8) is 0 Å². The van der Waals surface area contributed by atoms with Crippen molar-refractivity contribution in [3.8, 4) is 5.75 Å². The van der Waals surface area contributed by atoms with E-state index in [1.807, 2.05) is 24.3 Å². The minimum atomic E-state index is -0.788. The van der Waals surface area contributed by atoms with Crippen molar-refractivity contribution in [2.24, 2.45) is 0 Å². The van der Waals surface area contributed by atoms with Crippen LogP contribution in [0, 0.1) is 0 Å². The van der Waals surface area contributed by atoms with Crippen LogP contribution in [-0.4, -0.2) is 35.5 Å². The zero-order chi connectivity index (χ0) is 15.5. The molecule has 1 aliphatic rings. The highest BCUT2D eigenvalue weighted by atomic mass is 79.9. The summed E-state index contributed by atoms with van der Waals surface area (Å²) >= 11 is 3.38. The molecule has 0 unspecified atom stereocenters. The topological polar surface area (TPSA) is 58.6 Å². The van der Waals surface area contributed by atoms with Crippen LogP contribution in [0.15, 0.2) is 28.7 Å². The summed E-state index contributed by atoms with van der Waals surface area (Å²) in [5, 5.41) is 2.67. The summed E-state index contributed by atoms with van der Waals surface area (Å²) < 4.78 is 6.59. The summed E-state index contributed by atoms with van der Waals surface area (Å²) in [6.07, 6.45) is 1.51. The van der Waals surface area contributed by atoms with Gasteiger partial charge in [-0.15, -0.1) is 0 Å². The van der Waals surface area contributed by atoms with Gasteiger partial charge >= 0.3 is 6.03 Å². The van der Waals surface area contributed by atoms with Crippen molar-refractivity contribution >= 4 is 27.9 Å². The van der Waals surface area contributed by atoms with Crippen LogP contribution in [-0.2, 0) is 4.79 Å². The van der Waals surface area contributed by atoms with Gasteiger partial charge in [-0.25, -0.2) is 4.79 Å². The monoisotopic (exact) mass is 354 g/mol. The second-order valence-electron chi connectivity index (χ2n) is 5.52. The van der Waals surface area contributed by atoms with Crippen molar-refractivity contribution in [2.45, 2.75) is 32.2 Å². The predicted octanol–water partition coefficient (Wildman–Crippen LogP) is 2.94. The molecule has 0 aliphatic carbocycles. The standard InChI is InChI=1S/C15H19BrN2O3/c1-15(2)13(19)18(14(20)17-15)8-3-4-9-21-12-7-5-6-11(16)10-12/h5-7,10H,3-4,8-9H2,1-2H3,(H,17,20). The fourth-order valence-corrected chi connectivity index (χ4v) is 2.52. The summed E-state index contributed by atoms with van der Waals surface area (Å²) in [4.78, 5) is 24.9. The van der Waals surface area contributed by atoms with E-state index in [1.165, 1.54) is 4.90 Å². The van der Waals surface area contributed by atoms with Gasteiger partial charge in [0.2, 0.25) is 0 Å². The Morgan fingerprint density at radius 2 is 2.05 bits per heavy atom. The quantitative estimate of drug-likeness (QED) is 0.631. The molecule has 0 bridgehead atoms. The molecule has 1 fully saturated rings. The zero-order valence-corrected chi connectivity index (χ0v) is 13.8. The Labute approximate surface area is 132 Å². The Balaban J connectivity index is 1.71. The number of imide groups is 1. The Morgan fingerprint density at radius 3 is 2.67 bits per heavy atom. The lowest BCUT2D eigenvalue weighted by atomic mass is 10.1. The highest BCUT2D eigenvalue weighted by molar-refractivity contribution is 9.10. The van der Waals surface area contributed by atoms with E-state index in [2.05, 4.69) is 21.2 Å². The number of carbonyl (C=O) groups excluding carboxylic acids is 2. The normalized spacial score (nSPS) is 17.0. The van der Waals surface area contributed by atoms with Gasteiger partial charge in [0.25, 0.3) is 5.91 Å². The molecule has 1 heterocycles.